The molecule has 1 saturated heterocycles. The maximum absolute atomic E-state index is 13.9. The van der Waals surface area contributed by atoms with Crippen LogP contribution in [0.3, 0.4) is 0 Å². The number of rotatable bonds is 5. The lowest BCUT2D eigenvalue weighted by atomic mass is 10.0. The van der Waals surface area contributed by atoms with Crippen molar-refractivity contribution < 1.29 is 18.3 Å². The summed E-state index contributed by atoms with van der Waals surface area (Å²) in [5, 5.41) is 23.2. The van der Waals surface area contributed by atoms with Crippen LogP contribution < -0.4 is 5.32 Å². The Morgan fingerprint density at radius 2 is 1.97 bits per heavy atom. The van der Waals surface area contributed by atoms with Crippen molar-refractivity contribution in [3.05, 3.63) is 77.6 Å². The molecule has 0 saturated carbocycles. The molecule has 0 amide bonds. The average molecular weight is 493 g/mol. The molecule has 1 aliphatic rings. The summed E-state index contributed by atoms with van der Waals surface area (Å²) in [5.74, 6) is 0.0553. The molecule has 1 aliphatic heterocycles. The Balaban J connectivity index is 1.44. The molecule has 1 fully saturated rings. The number of likely N-dealkylation sites (tertiary alicyclic amines) is 1. The first kappa shape index (κ1) is 23.8. The zero-order valence-corrected chi connectivity index (χ0v) is 19.1. The van der Waals surface area contributed by atoms with Gasteiger partial charge in [0, 0.05) is 54.5 Å². The number of fused-ring (bicyclic) bond motifs is 1. The van der Waals surface area contributed by atoms with Crippen molar-refractivity contribution in [3.8, 4) is 17.3 Å². The standard InChI is InChI=1S/C26H23F3N6O/c27-26(28,29)22-12-32-25(34-24(22)21-11-31-23-8-17(10-30)6-7-20(21)23)33-18-9-19(36)15-35(14-18)13-16-4-2-1-3-5-16/h1-8,11-12,18-19,31,36H,9,13-15H2,(H,32,33,34)/t18-,19-/m0/s1. The number of H-pyrrole nitrogens is 1. The van der Waals surface area contributed by atoms with E-state index in [0.717, 1.165) is 11.8 Å². The molecule has 3 N–H and O–H groups in total. The van der Waals surface area contributed by atoms with Gasteiger partial charge in [-0.15, -0.1) is 0 Å². The number of aliphatic hydroxyl groups excluding tert-OH is 1. The first-order valence-electron chi connectivity index (χ1n) is 11.5. The van der Waals surface area contributed by atoms with Gasteiger partial charge in [0.15, 0.2) is 0 Å². The highest BCUT2D eigenvalue weighted by Gasteiger charge is 2.36. The second-order valence-corrected chi connectivity index (χ2v) is 8.94. The normalized spacial score (nSPS) is 18.8. The predicted molar refractivity (Wildman–Crippen MR) is 129 cm³/mol. The lowest BCUT2D eigenvalue weighted by Gasteiger charge is -2.36. The number of alkyl halides is 3. The highest BCUT2D eigenvalue weighted by atomic mass is 19.4. The van der Waals surface area contributed by atoms with Crippen LogP contribution in [0, 0.1) is 11.3 Å². The van der Waals surface area contributed by atoms with Gasteiger partial charge < -0.3 is 15.4 Å². The fraction of sp³-hybridized carbons (Fsp3) is 0.269. The van der Waals surface area contributed by atoms with Gasteiger partial charge in [-0.2, -0.15) is 18.4 Å². The number of aromatic nitrogens is 3. The second kappa shape index (κ2) is 9.60. The number of benzene rings is 2. The number of halogens is 3. The summed E-state index contributed by atoms with van der Waals surface area (Å²) in [5.41, 5.74) is 1.10. The van der Waals surface area contributed by atoms with Crippen molar-refractivity contribution in [2.24, 2.45) is 0 Å². The molecule has 2 aromatic carbocycles. The summed E-state index contributed by atoms with van der Waals surface area (Å²) in [6.45, 7) is 1.73. The largest absolute Gasteiger partial charge is 0.419 e. The molecule has 3 heterocycles. The van der Waals surface area contributed by atoms with Crippen molar-refractivity contribution in [2.45, 2.75) is 31.3 Å². The summed E-state index contributed by atoms with van der Waals surface area (Å²) in [6, 6.07) is 16.4. The minimum atomic E-state index is -4.66. The van der Waals surface area contributed by atoms with Crippen LogP contribution in [-0.2, 0) is 12.7 Å². The van der Waals surface area contributed by atoms with Gasteiger partial charge in [0.2, 0.25) is 5.95 Å². The van der Waals surface area contributed by atoms with E-state index in [4.69, 9.17) is 5.26 Å². The summed E-state index contributed by atoms with van der Waals surface area (Å²) in [4.78, 5) is 13.3. The van der Waals surface area contributed by atoms with E-state index in [1.807, 2.05) is 36.4 Å². The molecular weight excluding hydrogens is 469 g/mol. The maximum atomic E-state index is 13.9. The third kappa shape index (κ3) is 5.03. The number of nitriles is 1. The Morgan fingerprint density at radius 1 is 1.17 bits per heavy atom. The summed E-state index contributed by atoms with van der Waals surface area (Å²) < 4.78 is 41.6. The lowest BCUT2D eigenvalue weighted by Crippen LogP contribution is -2.48. The van der Waals surface area contributed by atoms with Crippen LogP contribution in [0.4, 0.5) is 19.1 Å². The predicted octanol–water partition coefficient (Wildman–Crippen LogP) is 4.56. The molecule has 0 unspecified atom stereocenters. The van der Waals surface area contributed by atoms with E-state index in [2.05, 4.69) is 25.2 Å². The number of aromatic amines is 1. The average Bonchev–Trinajstić information content (AvgIpc) is 3.26. The van der Waals surface area contributed by atoms with Gasteiger partial charge in [-0.3, -0.25) is 4.90 Å². The van der Waals surface area contributed by atoms with Gasteiger partial charge >= 0.3 is 6.18 Å². The number of anilines is 1. The van der Waals surface area contributed by atoms with E-state index in [1.54, 1.807) is 18.2 Å². The second-order valence-electron chi connectivity index (χ2n) is 8.94. The summed E-state index contributed by atoms with van der Waals surface area (Å²) in [7, 11) is 0. The number of nitrogens with one attached hydrogen (secondary N) is 2. The maximum Gasteiger partial charge on any atom is 0.419 e. The molecule has 184 valence electrons. The fourth-order valence-electron chi connectivity index (χ4n) is 4.68. The number of piperidine rings is 1. The molecule has 5 rings (SSSR count). The molecule has 36 heavy (non-hydrogen) atoms. The summed E-state index contributed by atoms with van der Waals surface area (Å²) in [6.07, 6.45) is -2.57. The van der Waals surface area contributed by atoms with Crippen LogP contribution in [0.2, 0.25) is 0 Å². The molecule has 2 atom stereocenters. The van der Waals surface area contributed by atoms with Crippen molar-refractivity contribution >= 4 is 16.9 Å². The first-order chi connectivity index (χ1) is 17.3. The topological polar surface area (TPSA) is 101 Å². The van der Waals surface area contributed by atoms with Crippen molar-refractivity contribution in [2.75, 3.05) is 18.4 Å². The highest BCUT2D eigenvalue weighted by Crippen LogP contribution is 2.39. The third-order valence-electron chi connectivity index (χ3n) is 6.25. The molecule has 2 aromatic heterocycles. The molecule has 0 spiro atoms. The molecular formula is C26H23F3N6O. The summed E-state index contributed by atoms with van der Waals surface area (Å²) >= 11 is 0. The van der Waals surface area contributed by atoms with Crippen LogP contribution >= 0.6 is 0 Å². The SMILES string of the molecule is N#Cc1ccc2c(-c3nc(N[C@H]4C[C@H](O)CN(Cc5ccccc5)C4)ncc3C(F)(F)F)c[nH]c2c1. The molecule has 0 aliphatic carbocycles. The van der Waals surface area contributed by atoms with Gasteiger partial charge in [0.25, 0.3) is 0 Å². The van der Waals surface area contributed by atoms with Gasteiger partial charge in [-0.05, 0) is 24.1 Å². The molecule has 7 nitrogen and oxygen atoms in total. The number of hydrogen-bond donors (Lipinski definition) is 3. The third-order valence-corrected chi connectivity index (χ3v) is 6.25. The fourth-order valence-corrected chi connectivity index (χ4v) is 4.68. The van der Waals surface area contributed by atoms with E-state index in [-0.39, 0.29) is 23.2 Å². The minimum absolute atomic E-state index is 0.0553. The van der Waals surface area contributed by atoms with Crippen molar-refractivity contribution in [1.82, 2.24) is 19.9 Å². The number of nitrogens with zero attached hydrogens (tertiary/aromatic N) is 4. The van der Waals surface area contributed by atoms with E-state index in [9.17, 15) is 18.3 Å². The van der Waals surface area contributed by atoms with Gasteiger partial charge in [-0.1, -0.05) is 36.4 Å². The quantitative estimate of drug-likeness (QED) is 0.378. The smallest absolute Gasteiger partial charge is 0.392 e. The first-order valence-corrected chi connectivity index (χ1v) is 11.5. The molecule has 0 radical (unpaired) electrons. The molecule has 10 heteroatoms. The Bertz CT molecular complexity index is 1410. The number of aliphatic hydroxyl groups is 1. The Hall–Kier alpha value is -3.94. The van der Waals surface area contributed by atoms with Crippen LogP contribution in [0.25, 0.3) is 22.2 Å². The van der Waals surface area contributed by atoms with Crippen LogP contribution in [0.5, 0.6) is 0 Å². The van der Waals surface area contributed by atoms with Crippen molar-refractivity contribution in [1.29, 1.82) is 5.26 Å². The van der Waals surface area contributed by atoms with Gasteiger partial charge in [-0.25, -0.2) is 9.97 Å². The van der Waals surface area contributed by atoms with Crippen LogP contribution in [-0.4, -0.2) is 50.2 Å². The molecule has 4 aromatic rings. The monoisotopic (exact) mass is 492 g/mol. The molecule has 0 bridgehead atoms. The number of hydrogen-bond acceptors (Lipinski definition) is 6. The van der Waals surface area contributed by atoms with Crippen LogP contribution in [0.15, 0.2) is 60.9 Å². The van der Waals surface area contributed by atoms with Crippen molar-refractivity contribution in [3.63, 3.8) is 0 Å². The Labute approximate surface area is 205 Å². The Kier molecular flexibility index (Phi) is 6.35. The highest BCUT2D eigenvalue weighted by molar-refractivity contribution is 5.96. The van der Waals surface area contributed by atoms with E-state index >= 15 is 0 Å². The van der Waals surface area contributed by atoms with Gasteiger partial charge in [0.1, 0.15) is 5.56 Å². The zero-order chi connectivity index (χ0) is 25.3. The zero-order valence-electron chi connectivity index (χ0n) is 19.1. The van der Waals surface area contributed by atoms with E-state index in [0.29, 0.717) is 42.5 Å². The lowest BCUT2D eigenvalue weighted by molar-refractivity contribution is -0.137. The van der Waals surface area contributed by atoms with E-state index < -0.39 is 17.8 Å². The number of β-amino-alcohol motifs (C(OH)–C–C–N with tert-alkyl or cyclic N) is 1. The Morgan fingerprint density at radius 3 is 2.72 bits per heavy atom. The van der Waals surface area contributed by atoms with Crippen LogP contribution in [0.1, 0.15) is 23.1 Å². The van der Waals surface area contributed by atoms with E-state index in [1.165, 1.54) is 6.20 Å². The van der Waals surface area contributed by atoms with Gasteiger partial charge in [0.05, 0.1) is 23.4 Å². The minimum Gasteiger partial charge on any atom is -0.392 e.